The molecule has 0 saturated heterocycles. The molecule has 3 aromatic rings. The zero-order valence-corrected chi connectivity index (χ0v) is 13.1. The lowest BCUT2D eigenvalue weighted by Gasteiger charge is -2.15. The van der Waals surface area contributed by atoms with Crippen molar-refractivity contribution < 1.29 is 0 Å². The summed E-state index contributed by atoms with van der Waals surface area (Å²) in [6, 6.07) is 14.7. The number of nitrogens with zero attached hydrogens (tertiary/aromatic N) is 3. The summed E-state index contributed by atoms with van der Waals surface area (Å²) in [5, 5.41) is 8.42. The maximum atomic E-state index is 4.94. The molecule has 0 unspecified atom stereocenters. The Morgan fingerprint density at radius 2 is 1.83 bits per heavy atom. The van der Waals surface area contributed by atoms with Crippen LogP contribution in [0.25, 0.3) is 0 Å². The van der Waals surface area contributed by atoms with E-state index in [4.69, 9.17) is 5.10 Å². The molecule has 0 saturated carbocycles. The van der Waals surface area contributed by atoms with Crippen LogP contribution in [0.1, 0.15) is 28.1 Å². The van der Waals surface area contributed by atoms with Crippen LogP contribution in [0.2, 0.25) is 0 Å². The largest absolute Gasteiger partial charge is 0.312 e. The van der Waals surface area contributed by atoms with Gasteiger partial charge in [-0.1, -0.05) is 30.3 Å². The molecule has 0 atom stereocenters. The lowest BCUT2D eigenvalue weighted by atomic mass is 10.0. The Morgan fingerprint density at radius 1 is 1.00 bits per heavy atom. The molecule has 116 valence electrons. The predicted molar refractivity (Wildman–Crippen MR) is 90.2 cm³/mol. The number of benzene rings is 1. The van der Waals surface area contributed by atoms with Gasteiger partial charge >= 0.3 is 0 Å². The Morgan fingerprint density at radius 3 is 2.65 bits per heavy atom. The summed E-state index contributed by atoms with van der Waals surface area (Å²) in [7, 11) is 0. The Balaban J connectivity index is 1.67. The van der Waals surface area contributed by atoms with E-state index in [1.54, 1.807) is 0 Å². The smallest absolute Gasteiger partial charge is 0.0716 e. The second-order valence-electron chi connectivity index (χ2n) is 5.97. The number of aromatic nitrogens is 3. The summed E-state index contributed by atoms with van der Waals surface area (Å²) < 4.78 is 2.18. The molecule has 0 aliphatic carbocycles. The zero-order valence-electron chi connectivity index (χ0n) is 13.1. The Hall–Kier alpha value is -2.46. The van der Waals surface area contributed by atoms with Gasteiger partial charge in [-0.05, 0) is 23.3 Å². The molecule has 1 aliphatic rings. The van der Waals surface area contributed by atoms with Crippen LogP contribution in [-0.4, -0.2) is 21.3 Å². The fourth-order valence-corrected chi connectivity index (χ4v) is 3.22. The molecule has 3 heterocycles. The summed E-state index contributed by atoms with van der Waals surface area (Å²) in [5.41, 5.74) is 6.53. The first-order valence-corrected chi connectivity index (χ1v) is 8.11. The van der Waals surface area contributed by atoms with Crippen molar-refractivity contribution in [1.82, 2.24) is 20.1 Å². The van der Waals surface area contributed by atoms with Crippen LogP contribution >= 0.6 is 0 Å². The van der Waals surface area contributed by atoms with Crippen LogP contribution in [0.4, 0.5) is 0 Å². The quantitative estimate of drug-likeness (QED) is 0.805. The molecular weight excluding hydrogens is 284 g/mol. The highest BCUT2D eigenvalue weighted by molar-refractivity contribution is 5.33. The third-order valence-electron chi connectivity index (χ3n) is 4.39. The maximum Gasteiger partial charge on any atom is 0.0716 e. The lowest BCUT2D eigenvalue weighted by molar-refractivity contribution is 0.582. The number of rotatable bonds is 4. The van der Waals surface area contributed by atoms with E-state index >= 15 is 0 Å². The fraction of sp³-hybridized carbons (Fsp3) is 0.263. The molecule has 23 heavy (non-hydrogen) atoms. The highest BCUT2D eigenvalue weighted by atomic mass is 15.3. The minimum absolute atomic E-state index is 0.819. The molecule has 0 spiro atoms. The molecule has 0 fully saturated rings. The van der Waals surface area contributed by atoms with Crippen molar-refractivity contribution in [3.63, 3.8) is 0 Å². The molecule has 1 aliphatic heterocycles. The molecule has 4 nitrogen and oxygen atoms in total. The topological polar surface area (TPSA) is 42.7 Å². The first kappa shape index (κ1) is 14.2. The lowest BCUT2D eigenvalue weighted by Crippen LogP contribution is -2.25. The van der Waals surface area contributed by atoms with Crippen LogP contribution in [0.3, 0.4) is 0 Å². The number of hydrogen-bond donors (Lipinski definition) is 1. The van der Waals surface area contributed by atoms with Crippen molar-refractivity contribution in [1.29, 1.82) is 0 Å². The first-order valence-electron chi connectivity index (χ1n) is 8.11. The second-order valence-corrected chi connectivity index (χ2v) is 5.97. The van der Waals surface area contributed by atoms with Crippen molar-refractivity contribution in [2.45, 2.75) is 25.9 Å². The van der Waals surface area contributed by atoms with Gasteiger partial charge in [0.05, 0.1) is 12.2 Å². The Labute approximate surface area is 136 Å². The second kappa shape index (κ2) is 6.34. The van der Waals surface area contributed by atoms with Gasteiger partial charge in [0.1, 0.15) is 0 Å². The number of pyridine rings is 1. The van der Waals surface area contributed by atoms with E-state index in [1.165, 1.54) is 28.1 Å². The van der Waals surface area contributed by atoms with Crippen LogP contribution < -0.4 is 5.32 Å². The number of hydrogen-bond acceptors (Lipinski definition) is 3. The van der Waals surface area contributed by atoms with Gasteiger partial charge in [0.15, 0.2) is 0 Å². The summed E-state index contributed by atoms with van der Waals surface area (Å²) in [5.74, 6) is 0. The first-order chi connectivity index (χ1) is 11.4. The molecule has 1 N–H and O–H groups in total. The average Bonchev–Trinajstić information content (AvgIpc) is 2.95. The summed E-state index contributed by atoms with van der Waals surface area (Å²) in [6.45, 7) is 2.77. The Bertz CT molecular complexity index is 712. The van der Waals surface area contributed by atoms with Crippen molar-refractivity contribution >= 4 is 0 Å². The van der Waals surface area contributed by atoms with E-state index in [9.17, 15) is 0 Å². The van der Waals surface area contributed by atoms with Crippen molar-refractivity contribution in [2.24, 2.45) is 0 Å². The van der Waals surface area contributed by atoms with Crippen LogP contribution in [-0.2, 0) is 25.9 Å². The highest BCUT2D eigenvalue weighted by Gasteiger charge is 2.20. The van der Waals surface area contributed by atoms with Crippen molar-refractivity contribution in [3.8, 4) is 0 Å². The van der Waals surface area contributed by atoms with Crippen LogP contribution in [0.15, 0.2) is 54.9 Å². The van der Waals surface area contributed by atoms with E-state index in [-0.39, 0.29) is 0 Å². The predicted octanol–water partition coefficient (Wildman–Crippen LogP) is 2.56. The Kier molecular flexibility index (Phi) is 3.90. The molecular formula is C19H20N4. The van der Waals surface area contributed by atoms with E-state index in [1.807, 2.05) is 12.4 Å². The van der Waals surface area contributed by atoms with E-state index in [0.29, 0.717) is 0 Å². The monoisotopic (exact) mass is 304 g/mol. The van der Waals surface area contributed by atoms with Crippen LogP contribution in [0, 0.1) is 0 Å². The van der Waals surface area contributed by atoms with Gasteiger partial charge in [-0.2, -0.15) is 5.10 Å². The number of fused-ring (bicyclic) bond motifs is 1. The van der Waals surface area contributed by atoms with Gasteiger partial charge in [-0.3, -0.25) is 9.67 Å². The van der Waals surface area contributed by atoms with Gasteiger partial charge in [0, 0.05) is 49.6 Å². The van der Waals surface area contributed by atoms with Crippen LogP contribution in [0.5, 0.6) is 0 Å². The van der Waals surface area contributed by atoms with E-state index < -0.39 is 0 Å². The standard InChI is InChI=1S/C19H20N4/c1-2-4-15(5-3-1)12-18-17-13-21-11-8-19(17)23(22-18)14-16-6-9-20-10-7-16/h1-7,9-10,21H,8,11-14H2. The van der Waals surface area contributed by atoms with Gasteiger partial charge in [-0.25, -0.2) is 0 Å². The van der Waals surface area contributed by atoms with Gasteiger partial charge in [0.2, 0.25) is 0 Å². The van der Waals surface area contributed by atoms with Crippen molar-refractivity contribution in [3.05, 3.63) is 82.9 Å². The normalized spacial score (nSPS) is 13.7. The minimum atomic E-state index is 0.819. The SMILES string of the molecule is c1ccc(Cc2nn(Cc3ccncc3)c3c2CNCC3)cc1. The molecule has 4 rings (SSSR count). The third kappa shape index (κ3) is 3.03. The molecule has 0 bridgehead atoms. The average molecular weight is 304 g/mol. The number of nitrogens with one attached hydrogen (secondary N) is 1. The van der Waals surface area contributed by atoms with Crippen molar-refractivity contribution in [2.75, 3.05) is 6.54 Å². The van der Waals surface area contributed by atoms with Gasteiger partial charge in [-0.15, -0.1) is 0 Å². The minimum Gasteiger partial charge on any atom is -0.312 e. The summed E-state index contributed by atoms with van der Waals surface area (Å²) >= 11 is 0. The molecule has 0 radical (unpaired) electrons. The van der Waals surface area contributed by atoms with E-state index in [0.717, 1.165) is 32.5 Å². The van der Waals surface area contributed by atoms with Gasteiger partial charge < -0.3 is 5.32 Å². The van der Waals surface area contributed by atoms with E-state index in [2.05, 4.69) is 57.4 Å². The summed E-state index contributed by atoms with van der Waals surface area (Å²) in [6.07, 6.45) is 5.63. The maximum absolute atomic E-state index is 4.94. The molecule has 2 aromatic heterocycles. The molecule has 4 heteroatoms. The molecule has 0 amide bonds. The summed E-state index contributed by atoms with van der Waals surface area (Å²) in [4.78, 5) is 4.10. The highest BCUT2D eigenvalue weighted by Crippen LogP contribution is 2.22. The zero-order chi connectivity index (χ0) is 15.5. The molecule has 1 aromatic carbocycles. The van der Waals surface area contributed by atoms with Gasteiger partial charge in [0.25, 0.3) is 0 Å². The fourth-order valence-electron chi connectivity index (χ4n) is 3.22. The third-order valence-corrected chi connectivity index (χ3v) is 4.39.